The van der Waals surface area contributed by atoms with Crippen LogP contribution in [-0.2, 0) is 6.42 Å². The van der Waals surface area contributed by atoms with Crippen LogP contribution in [0.5, 0.6) is 5.75 Å². The average molecular weight is 362 g/mol. The molecule has 22 heavy (non-hydrogen) atoms. The maximum atomic E-state index is 13.5. The molecule has 0 bridgehead atoms. The molecule has 0 spiro atoms. The molecule has 1 aliphatic rings. The number of ether oxygens (including phenoxy) is 1. The van der Waals surface area contributed by atoms with Crippen molar-refractivity contribution in [3.05, 3.63) is 65.0 Å². The molecule has 1 N–H and O–H groups in total. The molecular weight excluding hydrogens is 342 g/mol. The van der Waals surface area contributed by atoms with Crippen LogP contribution in [0.2, 0.25) is 10.9 Å². The second kappa shape index (κ2) is 6.06. The third kappa shape index (κ3) is 2.80. The van der Waals surface area contributed by atoms with E-state index in [2.05, 4.69) is 5.71 Å². The van der Waals surface area contributed by atoms with Crippen molar-refractivity contribution in [3.63, 3.8) is 0 Å². The second-order valence-electron chi connectivity index (χ2n) is 5.92. The second-order valence-corrected chi connectivity index (χ2v) is 8.14. The van der Waals surface area contributed by atoms with Gasteiger partial charge in [0.05, 0.1) is 0 Å². The number of rotatable bonds is 4. The van der Waals surface area contributed by atoms with Crippen LogP contribution in [0.3, 0.4) is 0 Å². The summed E-state index contributed by atoms with van der Waals surface area (Å²) >= 11 is -0.231. The Kier molecular flexibility index (Phi) is 4.29. The van der Waals surface area contributed by atoms with Crippen LogP contribution >= 0.6 is 0 Å². The van der Waals surface area contributed by atoms with Gasteiger partial charge in [0.25, 0.3) is 0 Å². The van der Waals surface area contributed by atoms with E-state index in [0.29, 0.717) is 6.42 Å². The van der Waals surface area contributed by atoms with Crippen LogP contribution in [0.15, 0.2) is 42.5 Å². The van der Waals surface area contributed by atoms with Gasteiger partial charge in [-0.2, -0.15) is 0 Å². The van der Waals surface area contributed by atoms with Crippen LogP contribution in [0, 0.1) is 12.7 Å². The fourth-order valence-corrected chi connectivity index (χ4v) is 5.08. The Morgan fingerprint density at radius 1 is 1.32 bits per heavy atom. The summed E-state index contributed by atoms with van der Waals surface area (Å²) in [5.74, 6) is 0.518. The molecule has 3 rings (SSSR count). The van der Waals surface area contributed by atoms with E-state index in [9.17, 15) is 9.50 Å². The van der Waals surface area contributed by atoms with Crippen molar-refractivity contribution in [2.24, 2.45) is 0 Å². The van der Waals surface area contributed by atoms with Crippen molar-refractivity contribution in [2.75, 3.05) is 0 Å². The van der Waals surface area contributed by atoms with E-state index >= 15 is 0 Å². The van der Waals surface area contributed by atoms with E-state index in [1.54, 1.807) is 6.07 Å². The number of aryl methyl sites for hydroxylation is 1. The molecule has 0 saturated carbocycles. The first-order valence-corrected chi connectivity index (χ1v) is 11.0. The SMILES string of the molecule is C[AsH]CC1(O)Cc2cc(F)ccc2C1Oc1ccccc1C. The molecule has 3 atom stereocenters. The molecule has 0 aliphatic heterocycles. The Hall–Kier alpha value is -1.31. The van der Waals surface area contributed by atoms with Gasteiger partial charge in [-0.15, -0.1) is 0 Å². The number of hydrogen-bond donors (Lipinski definition) is 1. The summed E-state index contributed by atoms with van der Waals surface area (Å²) in [7, 11) is 0. The molecule has 116 valence electrons. The number of benzene rings is 2. The molecule has 1 aliphatic carbocycles. The topological polar surface area (TPSA) is 29.5 Å². The predicted molar refractivity (Wildman–Crippen MR) is 87.4 cm³/mol. The molecule has 0 amide bonds. The minimum atomic E-state index is -0.923. The van der Waals surface area contributed by atoms with Gasteiger partial charge >= 0.3 is 137 Å². The molecule has 0 heterocycles. The Labute approximate surface area is 137 Å². The van der Waals surface area contributed by atoms with Crippen molar-refractivity contribution in [1.29, 1.82) is 0 Å². The summed E-state index contributed by atoms with van der Waals surface area (Å²) in [5, 5.41) is 11.8. The van der Waals surface area contributed by atoms with E-state index in [4.69, 9.17) is 4.74 Å². The molecule has 0 aromatic heterocycles. The van der Waals surface area contributed by atoms with Gasteiger partial charge in [0, 0.05) is 0 Å². The molecule has 4 heteroatoms. The predicted octanol–water partition coefficient (Wildman–Crippen LogP) is 3.44. The van der Waals surface area contributed by atoms with Gasteiger partial charge < -0.3 is 0 Å². The zero-order chi connectivity index (χ0) is 15.7. The molecule has 3 unspecified atom stereocenters. The van der Waals surface area contributed by atoms with Crippen molar-refractivity contribution >= 4 is 15.8 Å². The van der Waals surface area contributed by atoms with Crippen LogP contribution in [0.1, 0.15) is 22.8 Å². The molecule has 0 radical (unpaired) electrons. The Morgan fingerprint density at radius 3 is 2.82 bits per heavy atom. The molecule has 0 fully saturated rings. The number of halogens is 1. The molecule has 2 aromatic rings. The van der Waals surface area contributed by atoms with E-state index in [0.717, 1.165) is 27.6 Å². The van der Waals surface area contributed by atoms with E-state index < -0.39 is 11.7 Å². The van der Waals surface area contributed by atoms with Crippen LogP contribution < -0.4 is 4.74 Å². The zero-order valence-corrected chi connectivity index (χ0v) is 14.9. The van der Waals surface area contributed by atoms with Gasteiger partial charge in [-0.05, 0) is 0 Å². The standard InChI is InChI=1S/C18H20AsFO2/c1-12-5-3-4-6-16(12)22-17-15-8-7-14(20)9-13(15)10-18(17,21)11-19-2/h3-9,17,19,21H,10-11H2,1-2H3. The molecule has 0 saturated heterocycles. The number of aliphatic hydroxyl groups is 1. The van der Waals surface area contributed by atoms with Crippen molar-refractivity contribution < 1.29 is 14.2 Å². The number of hydrogen-bond acceptors (Lipinski definition) is 2. The van der Waals surface area contributed by atoms with Gasteiger partial charge in [0.2, 0.25) is 0 Å². The quantitative estimate of drug-likeness (QED) is 0.845. The summed E-state index contributed by atoms with van der Waals surface area (Å²) in [6.45, 7) is 1.99. The Balaban J connectivity index is 2.00. The van der Waals surface area contributed by atoms with E-state index in [1.807, 2.05) is 31.2 Å². The van der Waals surface area contributed by atoms with Crippen LogP contribution in [0.25, 0.3) is 0 Å². The normalized spacial score (nSPS) is 23.9. The number of fused-ring (bicyclic) bond motifs is 1. The molecule has 2 aromatic carbocycles. The van der Waals surface area contributed by atoms with E-state index in [1.165, 1.54) is 12.1 Å². The summed E-state index contributed by atoms with van der Waals surface area (Å²) in [5.41, 5.74) is 4.04. The van der Waals surface area contributed by atoms with Crippen molar-refractivity contribution in [3.8, 4) is 5.75 Å². The number of para-hydroxylation sites is 1. The first-order valence-electron chi connectivity index (χ1n) is 7.41. The first kappa shape index (κ1) is 15.6. The van der Waals surface area contributed by atoms with E-state index in [-0.39, 0.29) is 21.6 Å². The van der Waals surface area contributed by atoms with Crippen LogP contribution in [0.4, 0.5) is 4.39 Å². The molecule has 2 nitrogen and oxygen atoms in total. The summed E-state index contributed by atoms with van der Waals surface area (Å²) in [6.07, 6.45) is 0.0430. The monoisotopic (exact) mass is 362 g/mol. The maximum absolute atomic E-state index is 13.5. The summed E-state index contributed by atoms with van der Waals surface area (Å²) < 4.78 is 19.7. The fourth-order valence-electron chi connectivity index (χ4n) is 3.15. The van der Waals surface area contributed by atoms with Crippen LogP contribution in [-0.4, -0.2) is 26.5 Å². The summed E-state index contributed by atoms with van der Waals surface area (Å²) in [6, 6.07) is 12.5. The first-order chi connectivity index (χ1) is 10.5. The van der Waals surface area contributed by atoms with Gasteiger partial charge in [-0.3, -0.25) is 0 Å². The van der Waals surface area contributed by atoms with Gasteiger partial charge in [0.15, 0.2) is 0 Å². The van der Waals surface area contributed by atoms with Gasteiger partial charge in [-0.25, -0.2) is 0 Å². The Morgan fingerprint density at radius 2 is 2.09 bits per heavy atom. The zero-order valence-electron chi connectivity index (χ0n) is 12.8. The van der Waals surface area contributed by atoms with Gasteiger partial charge in [0.1, 0.15) is 0 Å². The summed E-state index contributed by atoms with van der Waals surface area (Å²) in [4.78, 5) is 0. The molecular formula is C18H20AsFO2. The third-order valence-corrected chi connectivity index (χ3v) is 6.22. The average Bonchev–Trinajstić information content (AvgIpc) is 2.73. The third-order valence-electron chi connectivity index (χ3n) is 4.19. The minimum absolute atomic E-state index is 0.231. The van der Waals surface area contributed by atoms with Crippen molar-refractivity contribution in [2.45, 2.75) is 36.0 Å². The van der Waals surface area contributed by atoms with Crippen molar-refractivity contribution in [1.82, 2.24) is 0 Å². The van der Waals surface area contributed by atoms with Gasteiger partial charge in [-0.1, -0.05) is 0 Å². The Bertz CT molecular complexity index is 689. The fraction of sp³-hybridized carbons (Fsp3) is 0.333.